The van der Waals surface area contributed by atoms with E-state index in [1.54, 1.807) is 25.3 Å². The predicted octanol–water partition coefficient (Wildman–Crippen LogP) is 4.74. The van der Waals surface area contributed by atoms with Crippen LogP contribution in [0.5, 0.6) is 11.6 Å². The number of aromatic nitrogens is 1. The van der Waals surface area contributed by atoms with E-state index in [1.807, 2.05) is 48.5 Å². The van der Waals surface area contributed by atoms with Gasteiger partial charge in [-0.1, -0.05) is 53.8 Å². The smallest absolute Gasteiger partial charge is 0.231 e. The Labute approximate surface area is 160 Å². The third-order valence-corrected chi connectivity index (χ3v) is 5.10. The number of fused-ring (bicyclic) bond motifs is 1. The van der Waals surface area contributed by atoms with Crippen LogP contribution in [0.3, 0.4) is 0 Å². The zero-order valence-electron chi connectivity index (χ0n) is 14.5. The van der Waals surface area contributed by atoms with Gasteiger partial charge in [-0.2, -0.15) is 4.98 Å². The predicted molar refractivity (Wildman–Crippen MR) is 108 cm³/mol. The van der Waals surface area contributed by atoms with E-state index in [-0.39, 0.29) is 11.7 Å². The molecule has 2 aromatic carbocycles. The van der Waals surface area contributed by atoms with E-state index in [1.165, 1.54) is 11.3 Å². The molecule has 0 saturated heterocycles. The molecule has 0 amide bonds. The van der Waals surface area contributed by atoms with Crippen LogP contribution in [0, 0.1) is 0 Å². The quantitative estimate of drug-likeness (QED) is 0.644. The van der Waals surface area contributed by atoms with Crippen molar-refractivity contribution in [3.63, 3.8) is 0 Å². The van der Waals surface area contributed by atoms with E-state index in [0.29, 0.717) is 21.3 Å². The number of methoxy groups -OCH3 is 1. The summed E-state index contributed by atoms with van der Waals surface area (Å²) in [6.45, 7) is 0. The van der Waals surface area contributed by atoms with Gasteiger partial charge in [-0.15, -0.1) is 0 Å². The second-order valence-corrected chi connectivity index (χ2v) is 6.91. The van der Waals surface area contributed by atoms with Gasteiger partial charge in [-0.3, -0.25) is 4.79 Å². The number of hydrogen-bond acceptors (Lipinski definition) is 6. The molecule has 0 unspecified atom stereocenters. The minimum Gasteiger partial charge on any atom is -0.495 e. The van der Waals surface area contributed by atoms with Gasteiger partial charge in [0.2, 0.25) is 5.88 Å². The van der Waals surface area contributed by atoms with Gasteiger partial charge in [-0.05, 0) is 35.4 Å². The molecule has 0 atom stereocenters. The largest absolute Gasteiger partial charge is 0.495 e. The van der Waals surface area contributed by atoms with Crippen molar-refractivity contribution >= 4 is 45.7 Å². The number of carbonyl (C=O) groups excluding carboxylic acids is 1. The van der Waals surface area contributed by atoms with E-state index in [0.717, 1.165) is 16.8 Å². The van der Waals surface area contributed by atoms with E-state index >= 15 is 0 Å². The topological polar surface area (TPSA) is 71.4 Å². The molecular weight excluding hydrogens is 360 g/mol. The molecule has 134 valence electrons. The highest BCUT2D eigenvalue weighted by atomic mass is 32.1. The summed E-state index contributed by atoms with van der Waals surface area (Å²) >= 11 is 1.26. The summed E-state index contributed by atoms with van der Waals surface area (Å²) in [5.41, 5.74) is 3.10. The second kappa shape index (κ2) is 7.09. The van der Waals surface area contributed by atoms with Crippen LogP contribution in [-0.2, 0) is 4.79 Å². The van der Waals surface area contributed by atoms with Crippen molar-refractivity contribution in [3.8, 4) is 11.6 Å². The fourth-order valence-electron chi connectivity index (χ4n) is 2.89. The van der Waals surface area contributed by atoms with Crippen molar-refractivity contribution < 1.29 is 14.6 Å². The number of ether oxygens (including phenoxy) is 1. The molecule has 27 heavy (non-hydrogen) atoms. The van der Waals surface area contributed by atoms with Crippen LogP contribution in [-0.4, -0.2) is 23.0 Å². The Hall–Kier alpha value is -3.38. The number of rotatable bonds is 4. The highest BCUT2D eigenvalue weighted by molar-refractivity contribution is 7.16. The summed E-state index contributed by atoms with van der Waals surface area (Å²) in [5.74, 6) is 0.457. The SMILES string of the molecule is COc1ccccc1Nc1nc(O)c(C=C2C(=O)C=Cc3ccccc32)s1. The zero-order chi connectivity index (χ0) is 18.8. The maximum Gasteiger partial charge on any atom is 0.231 e. The zero-order valence-corrected chi connectivity index (χ0v) is 15.3. The maximum absolute atomic E-state index is 12.4. The third kappa shape index (κ3) is 3.35. The maximum atomic E-state index is 12.4. The van der Waals surface area contributed by atoms with Crippen molar-refractivity contribution in [1.29, 1.82) is 0 Å². The lowest BCUT2D eigenvalue weighted by atomic mass is 9.91. The normalized spacial score (nSPS) is 14.3. The number of anilines is 2. The number of nitrogens with one attached hydrogen (secondary N) is 1. The molecular formula is C21H16N2O3S. The number of thiazole rings is 1. The molecule has 0 aliphatic heterocycles. The summed E-state index contributed by atoms with van der Waals surface area (Å²) in [6.07, 6.45) is 5.03. The second-order valence-electron chi connectivity index (χ2n) is 5.88. The number of allylic oxidation sites excluding steroid dienone is 2. The van der Waals surface area contributed by atoms with Crippen molar-refractivity contribution in [3.05, 3.63) is 70.6 Å². The van der Waals surface area contributed by atoms with Gasteiger partial charge >= 0.3 is 0 Å². The third-order valence-electron chi connectivity index (χ3n) is 4.19. The van der Waals surface area contributed by atoms with Crippen LogP contribution in [0.2, 0.25) is 0 Å². The number of nitrogens with zero attached hydrogens (tertiary/aromatic N) is 1. The van der Waals surface area contributed by atoms with Gasteiger partial charge in [0, 0.05) is 5.57 Å². The Morgan fingerprint density at radius 2 is 1.89 bits per heavy atom. The molecule has 1 aliphatic carbocycles. The van der Waals surface area contributed by atoms with Gasteiger partial charge < -0.3 is 15.2 Å². The number of benzene rings is 2. The first-order chi connectivity index (χ1) is 13.2. The van der Waals surface area contributed by atoms with Crippen LogP contribution in [0.4, 0.5) is 10.8 Å². The molecule has 6 heteroatoms. The Kier molecular flexibility index (Phi) is 4.48. The summed E-state index contributed by atoms with van der Waals surface area (Å²) in [5, 5.41) is 13.9. The highest BCUT2D eigenvalue weighted by Gasteiger charge is 2.19. The molecule has 1 aromatic heterocycles. The van der Waals surface area contributed by atoms with Gasteiger partial charge in [0.05, 0.1) is 17.7 Å². The Morgan fingerprint density at radius 3 is 2.74 bits per heavy atom. The van der Waals surface area contributed by atoms with Gasteiger partial charge in [0.15, 0.2) is 10.9 Å². The van der Waals surface area contributed by atoms with E-state index in [4.69, 9.17) is 4.74 Å². The molecule has 3 aromatic rings. The van der Waals surface area contributed by atoms with E-state index in [9.17, 15) is 9.90 Å². The van der Waals surface area contributed by atoms with Crippen molar-refractivity contribution in [1.82, 2.24) is 4.98 Å². The number of carbonyl (C=O) groups is 1. The van der Waals surface area contributed by atoms with E-state index in [2.05, 4.69) is 10.3 Å². The molecule has 0 saturated carbocycles. The lowest BCUT2D eigenvalue weighted by Gasteiger charge is -2.12. The van der Waals surface area contributed by atoms with Crippen LogP contribution in [0.25, 0.3) is 17.7 Å². The average molecular weight is 376 g/mol. The first-order valence-corrected chi connectivity index (χ1v) is 9.10. The molecule has 0 radical (unpaired) electrons. The Balaban J connectivity index is 1.69. The summed E-state index contributed by atoms with van der Waals surface area (Å²) in [7, 11) is 1.59. The number of hydrogen-bond donors (Lipinski definition) is 2. The molecule has 2 N–H and O–H groups in total. The number of ketones is 1. The minimum absolute atomic E-state index is 0.0965. The first kappa shape index (κ1) is 17.1. The van der Waals surface area contributed by atoms with Gasteiger partial charge in [0.1, 0.15) is 5.75 Å². The van der Waals surface area contributed by atoms with Crippen LogP contribution in [0.15, 0.2) is 54.6 Å². The molecule has 5 nitrogen and oxygen atoms in total. The van der Waals surface area contributed by atoms with Crippen molar-refractivity contribution in [2.75, 3.05) is 12.4 Å². The van der Waals surface area contributed by atoms with Crippen LogP contribution in [0.1, 0.15) is 16.0 Å². The minimum atomic E-state index is -0.121. The molecule has 1 aliphatic rings. The number of para-hydroxylation sites is 2. The monoisotopic (exact) mass is 376 g/mol. The highest BCUT2D eigenvalue weighted by Crippen LogP contribution is 2.37. The van der Waals surface area contributed by atoms with Crippen molar-refractivity contribution in [2.45, 2.75) is 0 Å². The Morgan fingerprint density at radius 1 is 1.11 bits per heavy atom. The van der Waals surface area contributed by atoms with E-state index < -0.39 is 0 Å². The lowest BCUT2D eigenvalue weighted by Crippen LogP contribution is -2.04. The molecule has 0 fully saturated rings. The summed E-state index contributed by atoms with van der Waals surface area (Å²) in [4.78, 5) is 17.0. The standard InChI is InChI=1S/C21H16N2O3S/c1-26-18-9-5-4-8-16(18)22-21-23-20(25)19(27-21)12-15-14-7-3-2-6-13(14)10-11-17(15)24/h2-12,25H,1H3,(H,22,23). The fraction of sp³-hybridized carbons (Fsp3) is 0.0476. The summed E-state index contributed by atoms with van der Waals surface area (Å²) < 4.78 is 5.32. The van der Waals surface area contributed by atoms with Gasteiger partial charge in [0.25, 0.3) is 0 Å². The summed E-state index contributed by atoms with van der Waals surface area (Å²) in [6, 6.07) is 15.1. The average Bonchev–Trinajstić information content (AvgIpc) is 3.03. The van der Waals surface area contributed by atoms with Crippen LogP contribution >= 0.6 is 11.3 Å². The number of aromatic hydroxyl groups is 1. The van der Waals surface area contributed by atoms with Crippen molar-refractivity contribution in [2.24, 2.45) is 0 Å². The fourth-order valence-corrected chi connectivity index (χ4v) is 3.71. The Bertz CT molecular complexity index is 1080. The molecule has 4 rings (SSSR count). The molecule has 0 bridgehead atoms. The molecule has 1 heterocycles. The lowest BCUT2D eigenvalue weighted by molar-refractivity contribution is -0.109. The first-order valence-electron chi connectivity index (χ1n) is 8.29. The molecule has 0 spiro atoms. The van der Waals surface area contributed by atoms with Crippen LogP contribution < -0.4 is 10.1 Å². The van der Waals surface area contributed by atoms with Gasteiger partial charge in [-0.25, -0.2) is 0 Å².